The minimum absolute atomic E-state index is 0.172. The summed E-state index contributed by atoms with van der Waals surface area (Å²) >= 11 is 0. The van der Waals surface area contributed by atoms with Crippen LogP contribution in [0.3, 0.4) is 0 Å². The van der Waals surface area contributed by atoms with Crippen LogP contribution in [0.1, 0.15) is 6.92 Å². The lowest BCUT2D eigenvalue weighted by atomic mass is 10.1. The zero-order valence-electron chi connectivity index (χ0n) is 16.1. The molecule has 1 aromatic heterocycles. The molecule has 0 aliphatic carbocycles. The molecule has 4 rings (SSSR count). The highest BCUT2D eigenvalue weighted by molar-refractivity contribution is 5.64. The van der Waals surface area contributed by atoms with E-state index in [9.17, 15) is 23.3 Å². The molecule has 0 amide bonds. The molecule has 0 N–H and O–H groups in total. The molecule has 0 radical (unpaired) electrons. The molecule has 0 saturated heterocycles. The lowest BCUT2D eigenvalue weighted by Gasteiger charge is -2.22. The number of hydrogen-bond acceptors (Lipinski definition) is 6. The summed E-state index contributed by atoms with van der Waals surface area (Å²) in [5.74, 6) is 0.0129. The standard InChI is InChI=1S/C20H16F3N3O5/c1-19(11-25-10-17(26(27)28)24-18(25)31-19)12-29-15-6-2-13(3-7-15)14-4-8-16(9-5-14)30-20(21,22)23/h2-10H,11-12H2,1H3. The molecule has 3 aromatic rings. The molecule has 11 heteroatoms. The van der Waals surface area contributed by atoms with Crippen molar-refractivity contribution in [1.82, 2.24) is 9.55 Å². The van der Waals surface area contributed by atoms with Crippen molar-refractivity contribution in [3.05, 3.63) is 64.8 Å². The molecule has 1 aliphatic heterocycles. The number of aromatic nitrogens is 2. The van der Waals surface area contributed by atoms with Crippen LogP contribution in [0.15, 0.2) is 54.7 Å². The van der Waals surface area contributed by atoms with Gasteiger partial charge >= 0.3 is 18.2 Å². The minimum Gasteiger partial charge on any atom is -0.489 e. The first-order valence-corrected chi connectivity index (χ1v) is 9.10. The summed E-state index contributed by atoms with van der Waals surface area (Å²) in [4.78, 5) is 14.0. The predicted molar refractivity (Wildman–Crippen MR) is 102 cm³/mol. The molecule has 1 unspecified atom stereocenters. The molecule has 31 heavy (non-hydrogen) atoms. The van der Waals surface area contributed by atoms with Crippen molar-refractivity contribution in [1.29, 1.82) is 0 Å². The maximum atomic E-state index is 12.3. The van der Waals surface area contributed by atoms with Gasteiger partial charge in [0.25, 0.3) is 0 Å². The van der Waals surface area contributed by atoms with Crippen LogP contribution in [0.4, 0.5) is 19.0 Å². The van der Waals surface area contributed by atoms with Gasteiger partial charge in [-0.15, -0.1) is 13.2 Å². The van der Waals surface area contributed by atoms with Gasteiger partial charge in [0.05, 0.1) is 6.54 Å². The first-order chi connectivity index (χ1) is 14.6. The third-order valence-electron chi connectivity index (χ3n) is 4.58. The lowest BCUT2D eigenvalue weighted by Crippen LogP contribution is -2.38. The van der Waals surface area contributed by atoms with Gasteiger partial charge in [0, 0.05) is 4.98 Å². The summed E-state index contributed by atoms with van der Waals surface area (Å²) in [6.45, 7) is 2.35. The normalized spacial score (nSPS) is 17.7. The molecule has 2 heterocycles. The fourth-order valence-corrected chi connectivity index (χ4v) is 3.19. The highest BCUT2D eigenvalue weighted by Gasteiger charge is 2.41. The Balaban J connectivity index is 1.36. The number of halogens is 3. The van der Waals surface area contributed by atoms with Crippen molar-refractivity contribution in [3.63, 3.8) is 0 Å². The fourth-order valence-electron chi connectivity index (χ4n) is 3.19. The van der Waals surface area contributed by atoms with E-state index < -0.39 is 16.9 Å². The third-order valence-corrected chi connectivity index (χ3v) is 4.58. The summed E-state index contributed by atoms with van der Waals surface area (Å²) in [7, 11) is 0. The monoisotopic (exact) mass is 435 g/mol. The molecule has 8 nitrogen and oxygen atoms in total. The van der Waals surface area contributed by atoms with Gasteiger partial charge in [0.2, 0.25) is 0 Å². The molecule has 0 bridgehead atoms. The van der Waals surface area contributed by atoms with Gasteiger partial charge in [0.1, 0.15) is 24.3 Å². The number of hydrogen-bond donors (Lipinski definition) is 0. The number of ether oxygens (including phenoxy) is 3. The van der Waals surface area contributed by atoms with E-state index in [1.165, 1.54) is 30.5 Å². The molecular formula is C20H16F3N3O5. The van der Waals surface area contributed by atoms with Gasteiger partial charge in [0.15, 0.2) is 5.60 Å². The highest BCUT2D eigenvalue weighted by atomic mass is 19.4. The summed E-state index contributed by atoms with van der Waals surface area (Å²) in [5, 5.41) is 10.8. The summed E-state index contributed by atoms with van der Waals surface area (Å²) in [6, 6.07) is 12.8. The number of benzene rings is 2. The molecule has 0 saturated carbocycles. The molecule has 0 spiro atoms. The minimum atomic E-state index is -4.73. The Kier molecular flexibility index (Phi) is 4.96. The van der Waals surface area contributed by atoms with E-state index in [0.29, 0.717) is 12.3 Å². The maximum absolute atomic E-state index is 12.3. The molecule has 0 fully saturated rings. The number of nitro groups is 1. The Labute approximate surface area is 173 Å². The number of imidazole rings is 1. The van der Waals surface area contributed by atoms with E-state index >= 15 is 0 Å². The fraction of sp³-hybridized carbons (Fsp3) is 0.250. The molecule has 1 atom stereocenters. The first-order valence-electron chi connectivity index (χ1n) is 9.10. The predicted octanol–water partition coefficient (Wildman–Crippen LogP) is 4.59. The van der Waals surface area contributed by atoms with Crippen LogP contribution >= 0.6 is 0 Å². The van der Waals surface area contributed by atoms with Crippen LogP contribution in [0.5, 0.6) is 17.5 Å². The number of nitrogens with zero attached hydrogens (tertiary/aromatic N) is 3. The lowest BCUT2D eigenvalue weighted by molar-refractivity contribution is -0.389. The highest BCUT2D eigenvalue weighted by Crippen LogP contribution is 2.32. The van der Waals surface area contributed by atoms with Gasteiger partial charge in [-0.2, -0.15) is 0 Å². The average Bonchev–Trinajstić information content (AvgIpc) is 3.22. The Bertz CT molecular complexity index is 1070. The molecular weight excluding hydrogens is 419 g/mol. The second kappa shape index (κ2) is 7.49. The average molecular weight is 435 g/mol. The van der Waals surface area contributed by atoms with Crippen molar-refractivity contribution >= 4 is 5.82 Å². The van der Waals surface area contributed by atoms with Crippen molar-refractivity contribution in [2.75, 3.05) is 6.61 Å². The Hall–Kier alpha value is -3.76. The Morgan fingerprint density at radius 3 is 2.23 bits per heavy atom. The van der Waals surface area contributed by atoms with Gasteiger partial charge < -0.3 is 24.3 Å². The zero-order chi connectivity index (χ0) is 22.2. The molecule has 162 valence electrons. The van der Waals surface area contributed by atoms with Gasteiger partial charge in [-0.1, -0.05) is 24.3 Å². The SMILES string of the molecule is CC1(COc2ccc(-c3ccc(OC(F)(F)F)cc3)cc2)Cn2cc([N+](=O)[O-])nc2O1. The van der Waals surface area contributed by atoms with Crippen LogP contribution in [-0.4, -0.2) is 33.0 Å². The van der Waals surface area contributed by atoms with Gasteiger partial charge in [-0.3, -0.25) is 4.57 Å². The van der Waals surface area contributed by atoms with E-state index in [-0.39, 0.29) is 24.2 Å². The largest absolute Gasteiger partial charge is 0.573 e. The quantitative estimate of drug-likeness (QED) is 0.416. The summed E-state index contributed by atoms with van der Waals surface area (Å²) < 4.78 is 53.7. The number of rotatable bonds is 6. The van der Waals surface area contributed by atoms with Crippen molar-refractivity contribution in [3.8, 4) is 28.6 Å². The van der Waals surface area contributed by atoms with Crippen molar-refractivity contribution < 1.29 is 32.3 Å². The Morgan fingerprint density at radius 1 is 1.13 bits per heavy atom. The van der Waals surface area contributed by atoms with Crippen molar-refractivity contribution in [2.24, 2.45) is 0 Å². The molecule has 2 aromatic carbocycles. The smallest absolute Gasteiger partial charge is 0.489 e. The van der Waals surface area contributed by atoms with E-state index in [0.717, 1.165) is 11.1 Å². The topological polar surface area (TPSA) is 88.7 Å². The van der Waals surface area contributed by atoms with Crippen LogP contribution in [-0.2, 0) is 6.54 Å². The van der Waals surface area contributed by atoms with E-state index in [1.807, 2.05) is 6.92 Å². The van der Waals surface area contributed by atoms with Crippen molar-refractivity contribution in [2.45, 2.75) is 25.4 Å². The number of fused-ring (bicyclic) bond motifs is 1. The van der Waals surface area contributed by atoms with Crippen LogP contribution in [0.2, 0.25) is 0 Å². The van der Waals surface area contributed by atoms with E-state index in [1.54, 1.807) is 28.8 Å². The summed E-state index contributed by atoms with van der Waals surface area (Å²) in [5.41, 5.74) is 0.783. The van der Waals surface area contributed by atoms with Crippen LogP contribution < -0.4 is 14.2 Å². The maximum Gasteiger partial charge on any atom is 0.573 e. The third kappa shape index (κ3) is 4.71. The van der Waals surface area contributed by atoms with E-state index in [4.69, 9.17) is 9.47 Å². The van der Waals surface area contributed by atoms with Crippen LogP contribution in [0, 0.1) is 10.1 Å². The Morgan fingerprint density at radius 2 is 1.71 bits per heavy atom. The second-order valence-electron chi connectivity index (χ2n) is 7.20. The molecule has 1 aliphatic rings. The number of alkyl halides is 3. The van der Waals surface area contributed by atoms with E-state index in [2.05, 4.69) is 9.72 Å². The van der Waals surface area contributed by atoms with Crippen LogP contribution in [0.25, 0.3) is 11.1 Å². The van der Waals surface area contributed by atoms with Gasteiger partial charge in [-0.05, 0) is 47.2 Å². The second-order valence-corrected chi connectivity index (χ2v) is 7.20. The summed E-state index contributed by atoms with van der Waals surface area (Å²) in [6.07, 6.45) is -3.41. The zero-order valence-corrected chi connectivity index (χ0v) is 16.1. The van der Waals surface area contributed by atoms with Gasteiger partial charge in [-0.25, -0.2) is 0 Å². The first kappa shape index (κ1) is 20.5.